The zero-order chi connectivity index (χ0) is 22.8. The Hall–Kier alpha value is -3.09. The van der Waals surface area contributed by atoms with Crippen LogP contribution < -0.4 is 4.74 Å². The minimum absolute atomic E-state index is 0.288. The highest BCUT2D eigenvalue weighted by molar-refractivity contribution is 7.90. The van der Waals surface area contributed by atoms with Crippen molar-refractivity contribution < 1.29 is 13.2 Å². The number of benzene rings is 3. The average molecular weight is 461 g/mol. The number of likely N-dealkylation sites (N-methyl/N-ethyl adjacent to an activating group) is 1. The molecule has 5 nitrogen and oxygen atoms in total. The number of ether oxygens (including phenoxy) is 1. The van der Waals surface area contributed by atoms with Gasteiger partial charge in [0, 0.05) is 17.6 Å². The molecule has 1 atom stereocenters. The first-order valence-electron chi connectivity index (χ1n) is 11.3. The molecule has 3 aromatic carbocycles. The third-order valence-electron chi connectivity index (χ3n) is 6.50. The van der Waals surface area contributed by atoms with Gasteiger partial charge in [0.15, 0.2) is 0 Å². The van der Waals surface area contributed by atoms with Crippen molar-refractivity contribution in [2.75, 3.05) is 13.6 Å². The van der Waals surface area contributed by atoms with E-state index in [0.717, 1.165) is 41.6 Å². The van der Waals surface area contributed by atoms with Gasteiger partial charge in [0.2, 0.25) is 0 Å². The van der Waals surface area contributed by atoms with Gasteiger partial charge in [-0.2, -0.15) is 0 Å². The lowest BCUT2D eigenvalue weighted by Gasteiger charge is -2.18. The van der Waals surface area contributed by atoms with Crippen molar-refractivity contribution in [3.63, 3.8) is 0 Å². The molecule has 2 heterocycles. The Morgan fingerprint density at radius 2 is 1.70 bits per heavy atom. The molecule has 5 rings (SSSR count). The second-order valence-electron chi connectivity index (χ2n) is 8.70. The molecule has 1 aromatic heterocycles. The van der Waals surface area contributed by atoms with Crippen LogP contribution in [0.1, 0.15) is 24.0 Å². The largest absolute Gasteiger partial charge is 0.489 e. The third-order valence-corrected chi connectivity index (χ3v) is 8.19. The average Bonchev–Trinajstić information content (AvgIpc) is 3.42. The van der Waals surface area contributed by atoms with Crippen LogP contribution in [0.15, 0.2) is 90.0 Å². The van der Waals surface area contributed by atoms with E-state index < -0.39 is 10.0 Å². The van der Waals surface area contributed by atoms with Gasteiger partial charge in [0.05, 0.1) is 10.4 Å². The third kappa shape index (κ3) is 4.41. The fourth-order valence-electron chi connectivity index (χ4n) is 4.63. The Bertz CT molecular complexity index is 1350. The van der Waals surface area contributed by atoms with Gasteiger partial charge in [0.1, 0.15) is 12.4 Å². The number of hydrogen-bond donors (Lipinski definition) is 0. The van der Waals surface area contributed by atoms with Crippen LogP contribution in [0, 0.1) is 0 Å². The summed E-state index contributed by atoms with van der Waals surface area (Å²) in [5.74, 6) is 0.738. The van der Waals surface area contributed by atoms with Gasteiger partial charge in [-0.05, 0) is 74.3 Å². The minimum atomic E-state index is -3.70. The highest BCUT2D eigenvalue weighted by Crippen LogP contribution is 2.32. The minimum Gasteiger partial charge on any atom is -0.489 e. The van der Waals surface area contributed by atoms with Crippen molar-refractivity contribution in [2.24, 2.45) is 0 Å². The molecule has 0 bridgehead atoms. The van der Waals surface area contributed by atoms with E-state index in [0.29, 0.717) is 18.2 Å². The summed E-state index contributed by atoms with van der Waals surface area (Å²) >= 11 is 0. The van der Waals surface area contributed by atoms with Crippen LogP contribution in [-0.4, -0.2) is 36.9 Å². The fraction of sp³-hybridized carbons (Fsp3) is 0.259. The summed E-state index contributed by atoms with van der Waals surface area (Å²) in [6.45, 7) is 1.55. The van der Waals surface area contributed by atoms with E-state index in [1.807, 2.05) is 54.6 Å². The lowest BCUT2D eigenvalue weighted by atomic mass is 10.0. The monoisotopic (exact) mass is 460 g/mol. The lowest BCUT2D eigenvalue weighted by molar-refractivity contribution is 0.306. The number of fused-ring (bicyclic) bond motifs is 1. The lowest BCUT2D eigenvalue weighted by Crippen LogP contribution is -2.26. The summed E-state index contributed by atoms with van der Waals surface area (Å²) in [7, 11) is -1.55. The maximum absolute atomic E-state index is 13.5. The maximum Gasteiger partial charge on any atom is 0.268 e. The van der Waals surface area contributed by atoms with Crippen LogP contribution in [0.3, 0.4) is 0 Å². The Labute approximate surface area is 195 Å². The standard InChI is InChI=1S/C27H28N2O3S/c1-28-16-8-11-23(28)17-22-19-29(33(30,31)25-12-6-3-7-13-25)27-15-14-24(18-26(22)27)32-20-21-9-4-2-5-10-21/h2-7,9-10,12-15,18-19,23H,8,11,16-17,20H2,1H3. The first kappa shape index (κ1) is 21.7. The second-order valence-corrected chi connectivity index (χ2v) is 10.5. The summed E-state index contributed by atoms with van der Waals surface area (Å²) in [5.41, 5.74) is 2.81. The molecule has 170 valence electrons. The van der Waals surface area contributed by atoms with Crippen molar-refractivity contribution in [1.82, 2.24) is 8.87 Å². The van der Waals surface area contributed by atoms with Crippen molar-refractivity contribution in [2.45, 2.75) is 36.8 Å². The molecular formula is C27H28N2O3S. The van der Waals surface area contributed by atoms with Crippen LogP contribution in [0.2, 0.25) is 0 Å². The van der Waals surface area contributed by atoms with Crippen LogP contribution >= 0.6 is 0 Å². The van der Waals surface area contributed by atoms with Crippen LogP contribution in [-0.2, 0) is 23.1 Å². The molecule has 0 spiro atoms. The number of likely N-dealkylation sites (tertiary alicyclic amines) is 1. The van der Waals surface area contributed by atoms with E-state index in [4.69, 9.17) is 4.74 Å². The molecular weight excluding hydrogens is 432 g/mol. The summed E-state index contributed by atoms with van der Waals surface area (Å²) in [6.07, 6.45) is 4.92. The van der Waals surface area contributed by atoms with Gasteiger partial charge < -0.3 is 9.64 Å². The molecule has 1 aliphatic heterocycles. The maximum atomic E-state index is 13.5. The molecule has 0 amide bonds. The molecule has 0 radical (unpaired) electrons. The Morgan fingerprint density at radius 1 is 0.970 bits per heavy atom. The Kier molecular flexibility index (Phi) is 5.96. The van der Waals surface area contributed by atoms with Gasteiger partial charge >= 0.3 is 0 Å². The van der Waals surface area contributed by atoms with E-state index in [9.17, 15) is 8.42 Å². The summed E-state index contributed by atoms with van der Waals surface area (Å²) < 4.78 is 34.4. The zero-order valence-electron chi connectivity index (χ0n) is 18.7. The second kappa shape index (κ2) is 9.04. The molecule has 1 saturated heterocycles. The van der Waals surface area contributed by atoms with Gasteiger partial charge in [-0.1, -0.05) is 48.5 Å². The molecule has 6 heteroatoms. The van der Waals surface area contributed by atoms with E-state index in [-0.39, 0.29) is 4.90 Å². The molecule has 0 N–H and O–H groups in total. The number of rotatable bonds is 7. The van der Waals surface area contributed by atoms with Gasteiger partial charge in [-0.15, -0.1) is 0 Å². The van der Waals surface area contributed by atoms with Crippen molar-refractivity contribution in [1.29, 1.82) is 0 Å². The molecule has 4 aromatic rings. The smallest absolute Gasteiger partial charge is 0.268 e. The van der Waals surface area contributed by atoms with Gasteiger partial charge in [0.25, 0.3) is 10.0 Å². The van der Waals surface area contributed by atoms with E-state index >= 15 is 0 Å². The van der Waals surface area contributed by atoms with Crippen LogP contribution in [0.25, 0.3) is 10.9 Å². The van der Waals surface area contributed by atoms with Gasteiger partial charge in [-0.25, -0.2) is 12.4 Å². The van der Waals surface area contributed by atoms with Crippen LogP contribution in [0.5, 0.6) is 5.75 Å². The Morgan fingerprint density at radius 3 is 2.39 bits per heavy atom. The Balaban J connectivity index is 1.55. The molecule has 1 aliphatic rings. The van der Waals surface area contributed by atoms with E-state index in [2.05, 4.69) is 11.9 Å². The SMILES string of the molecule is CN1CCCC1Cc1cn(S(=O)(=O)c2ccccc2)c2ccc(OCc3ccccc3)cc12. The highest BCUT2D eigenvalue weighted by Gasteiger charge is 2.26. The molecule has 33 heavy (non-hydrogen) atoms. The number of hydrogen-bond acceptors (Lipinski definition) is 4. The van der Waals surface area contributed by atoms with Crippen molar-refractivity contribution in [3.8, 4) is 5.75 Å². The number of nitrogens with zero attached hydrogens (tertiary/aromatic N) is 2. The first-order chi connectivity index (χ1) is 16.0. The van der Waals surface area contributed by atoms with Crippen molar-refractivity contribution in [3.05, 3.63) is 96.2 Å². The van der Waals surface area contributed by atoms with E-state index in [1.165, 1.54) is 10.4 Å². The quantitative estimate of drug-likeness (QED) is 0.385. The van der Waals surface area contributed by atoms with Crippen molar-refractivity contribution >= 4 is 20.9 Å². The topological polar surface area (TPSA) is 51.5 Å². The normalized spacial score (nSPS) is 16.9. The summed E-state index contributed by atoms with van der Waals surface area (Å²) in [6, 6.07) is 24.8. The predicted molar refractivity (Wildman–Crippen MR) is 131 cm³/mol. The van der Waals surface area contributed by atoms with Gasteiger partial charge in [-0.3, -0.25) is 0 Å². The number of aromatic nitrogens is 1. The first-order valence-corrected chi connectivity index (χ1v) is 12.8. The molecule has 1 fully saturated rings. The van der Waals surface area contributed by atoms with Crippen LogP contribution in [0.4, 0.5) is 0 Å². The van der Waals surface area contributed by atoms with E-state index in [1.54, 1.807) is 30.5 Å². The molecule has 0 aliphatic carbocycles. The zero-order valence-corrected chi connectivity index (χ0v) is 19.5. The predicted octanol–water partition coefficient (Wildman–Crippen LogP) is 5.09. The fourth-order valence-corrected chi connectivity index (χ4v) is 6.05. The highest BCUT2D eigenvalue weighted by atomic mass is 32.2. The molecule has 1 unspecified atom stereocenters. The summed E-state index contributed by atoms with van der Waals surface area (Å²) in [4.78, 5) is 2.65. The molecule has 0 saturated carbocycles. The summed E-state index contributed by atoms with van der Waals surface area (Å²) in [5, 5.41) is 0.931.